The summed E-state index contributed by atoms with van der Waals surface area (Å²) in [5.41, 5.74) is 0.0819. The zero-order valence-corrected chi connectivity index (χ0v) is 9.67. The van der Waals surface area contributed by atoms with Crippen LogP contribution in [0.5, 0.6) is 0 Å². The van der Waals surface area contributed by atoms with Crippen LogP contribution in [0.2, 0.25) is 0 Å². The lowest BCUT2D eigenvalue weighted by Crippen LogP contribution is -2.47. The molecule has 0 aromatic heterocycles. The average Bonchev–Trinajstić information content (AvgIpc) is 2.61. The Morgan fingerprint density at radius 1 is 1.56 bits per heavy atom. The largest absolute Gasteiger partial charge is 0.465 e. The van der Waals surface area contributed by atoms with Gasteiger partial charge in [-0.05, 0) is 25.3 Å². The third-order valence-corrected chi connectivity index (χ3v) is 2.88. The Labute approximate surface area is 94.8 Å². The summed E-state index contributed by atoms with van der Waals surface area (Å²) >= 11 is 0. The lowest BCUT2D eigenvalue weighted by atomic mass is 9.90. The molecule has 0 saturated carbocycles. The summed E-state index contributed by atoms with van der Waals surface area (Å²) in [6.07, 6.45) is -0.162. The summed E-state index contributed by atoms with van der Waals surface area (Å²) in [6.45, 7) is 6.05. The minimum Gasteiger partial charge on any atom is -0.465 e. The first-order chi connectivity index (χ1) is 7.43. The van der Waals surface area contributed by atoms with Crippen LogP contribution in [0.3, 0.4) is 0 Å². The minimum atomic E-state index is -1.18. The van der Waals surface area contributed by atoms with Gasteiger partial charge in [0.2, 0.25) is 5.91 Å². The molecule has 16 heavy (non-hydrogen) atoms. The Hall–Kier alpha value is -1.30. The van der Waals surface area contributed by atoms with Crippen LogP contribution < -0.4 is 16.0 Å². The van der Waals surface area contributed by atoms with E-state index in [1.807, 2.05) is 0 Å². The summed E-state index contributed by atoms with van der Waals surface area (Å²) in [5, 5.41) is 16.6. The molecule has 2 amide bonds. The third-order valence-electron chi connectivity index (χ3n) is 2.88. The number of amides is 2. The molecule has 92 valence electrons. The topological polar surface area (TPSA) is 90.5 Å². The van der Waals surface area contributed by atoms with E-state index < -0.39 is 12.1 Å². The van der Waals surface area contributed by atoms with Gasteiger partial charge in [0, 0.05) is 13.1 Å². The number of nitrogens with one attached hydrogen (secondary N) is 3. The maximum absolute atomic E-state index is 11.5. The fraction of sp³-hybridized carbons (Fsp3) is 0.800. The maximum atomic E-state index is 11.5. The van der Waals surface area contributed by atoms with Crippen LogP contribution in [0.4, 0.5) is 4.79 Å². The molecule has 1 aliphatic rings. The highest BCUT2D eigenvalue weighted by atomic mass is 16.4. The van der Waals surface area contributed by atoms with Crippen molar-refractivity contribution in [1.82, 2.24) is 16.0 Å². The van der Waals surface area contributed by atoms with E-state index in [1.54, 1.807) is 0 Å². The van der Waals surface area contributed by atoms with Crippen LogP contribution in [0.25, 0.3) is 0 Å². The molecule has 0 spiro atoms. The van der Waals surface area contributed by atoms with Gasteiger partial charge in [0.05, 0.1) is 0 Å². The third kappa shape index (κ3) is 3.69. The molecule has 6 nitrogen and oxygen atoms in total. The quantitative estimate of drug-likeness (QED) is 0.535. The van der Waals surface area contributed by atoms with Gasteiger partial charge in [0.1, 0.15) is 6.04 Å². The van der Waals surface area contributed by atoms with Gasteiger partial charge < -0.3 is 21.1 Å². The summed E-state index contributed by atoms with van der Waals surface area (Å²) in [6, 6.07) is -0.713. The predicted molar refractivity (Wildman–Crippen MR) is 59.2 cm³/mol. The zero-order valence-electron chi connectivity index (χ0n) is 9.67. The second kappa shape index (κ2) is 5.16. The van der Waals surface area contributed by atoms with Crippen LogP contribution in [0.15, 0.2) is 0 Å². The number of hydrogen-bond donors (Lipinski definition) is 4. The molecular formula is C10H19N3O3. The molecule has 2 unspecified atom stereocenters. The Kier molecular flexibility index (Phi) is 4.12. The van der Waals surface area contributed by atoms with Gasteiger partial charge in [-0.1, -0.05) is 6.92 Å². The first-order valence-electron chi connectivity index (χ1n) is 5.41. The number of carbonyl (C=O) groups is 2. The highest BCUT2D eigenvalue weighted by molar-refractivity contribution is 5.84. The molecule has 0 aromatic rings. The molecule has 1 saturated heterocycles. The molecule has 4 N–H and O–H groups in total. The van der Waals surface area contributed by atoms with E-state index in [2.05, 4.69) is 22.9 Å². The number of rotatable bonds is 4. The Bertz CT molecular complexity index is 274. The lowest BCUT2D eigenvalue weighted by Gasteiger charge is -2.23. The van der Waals surface area contributed by atoms with E-state index in [-0.39, 0.29) is 11.3 Å². The molecule has 0 aromatic carbocycles. The Morgan fingerprint density at radius 2 is 2.25 bits per heavy atom. The lowest BCUT2D eigenvalue weighted by molar-refractivity contribution is -0.123. The molecule has 0 bridgehead atoms. The first kappa shape index (κ1) is 12.8. The molecule has 0 aliphatic carbocycles. The van der Waals surface area contributed by atoms with Crippen LogP contribution in [-0.2, 0) is 4.79 Å². The summed E-state index contributed by atoms with van der Waals surface area (Å²) in [5.74, 6) is -0.282. The molecular weight excluding hydrogens is 210 g/mol. The zero-order chi connectivity index (χ0) is 12.2. The SMILES string of the molecule is CC(NC(=O)O)C(=O)NCC1(C)CCNC1. The second-order valence-electron chi connectivity index (χ2n) is 4.63. The summed E-state index contributed by atoms with van der Waals surface area (Å²) < 4.78 is 0. The van der Waals surface area contributed by atoms with Crippen molar-refractivity contribution in [3.63, 3.8) is 0 Å². The smallest absolute Gasteiger partial charge is 0.405 e. The molecule has 1 fully saturated rings. The first-order valence-corrected chi connectivity index (χ1v) is 5.41. The number of hydrogen-bond acceptors (Lipinski definition) is 3. The van der Waals surface area contributed by atoms with E-state index >= 15 is 0 Å². The van der Waals surface area contributed by atoms with E-state index in [4.69, 9.17) is 5.11 Å². The monoisotopic (exact) mass is 229 g/mol. The number of carbonyl (C=O) groups excluding carboxylic acids is 1. The van der Waals surface area contributed by atoms with Crippen molar-refractivity contribution in [3.05, 3.63) is 0 Å². The Balaban J connectivity index is 2.31. The maximum Gasteiger partial charge on any atom is 0.405 e. The molecule has 1 aliphatic heterocycles. The van der Waals surface area contributed by atoms with E-state index in [9.17, 15) is 9.59 Å². The van der Waals surface area contributed by atoms with E-state index in [1.165, 1.54) is 6.92 Å². The van der Waals surface area contributed by atoms with Crippen molar-refractivity contribution in [3.8, 4) is 0 Å². The van der Waals surface area contributed by atoms with Gasteiger partial charge in [-0.2, -0.15) is 0 Å². The summed E-state index contributed by atoms with van der Waals surface area (Å²) in [4.78, 5) is 21.9. The van der Waals surface area contributed by atoms with Crippen LogP contribution in [0, 0.1) is 5.41 Å². The second-order valence-corrected chi connectivity index (χ2v) is 4.63. The highest BCUT2D eigenvalue weighted by Gasteiger charge is 2.29. The Morgan fingerprint density at radius 3 is 2.75 bits per heavy atom. The normalized spacial score (nSPS) is 26.1. The van der Waals surface area contributed by atoms with Gasteiger partial charge >= 0.3 is 6.09 Å². The molecule has 6 heteroatoms. The predicted octanol–water partition coefficient (Wildman–Crippen LogP) is -0.242. The average molecular weight is 229 g/mol. The van der Waals surface area contributed by atoms with Gasteiger partial charge in [0.25, 0.3) is 0 Å². The van der Waals surface area contributed by atoms with Crippen LogP contribution in [-0.4, -0.2) is 42.8 Å². The van der Waals surface area contributed by atoms with Crippen molar-refractivity contribution < 1.29 is 14.7 Å². The van der Waals surface area contributed by atoms with Gasteiger partial charge in [0.15, 0.2) is 0 Å². The standard InChI is InChI=1S/C10H19N3O3/c1-7(13-9(15)16)8(14)12-6-10(2)3-4-11-5-10/h7,11,13H,3-6H2,1-2H3,(H,12,14)(H,15,16). The molecule has 0 radical (unpaired) electrons. The molecule has 1 rings (SSSR count). The van der Waals surface area contributed by atoms with Crippen molar-refractivity contribution in [2.75, 3.05) is 19.6 Å². The fourth-order valence-corrected chi connectivity index (χ4v) is 1.72. The van der Waals surface area contributed by atoms with Crippen molar-refractivity contribution >= 4 is 12.0 Å². The fourth-order valence-electron chi connectivity index (χ4n) is 1.72. The number of carboxylic acid groups (broad SMARTS) is 1. The van der Waals surface area contributed by atoms with Crippen molar-refractivity contribution in [2.24, 2.45) is 5.41 Å². The van der Waals surface area contributed by atoms with Crippen LogP contribution in [0.1, 0.15) is 20.3 Å². The van der Waals surface area contributed by atoms with Crippen molar-refractivity contribution in [2.45, 2.75) is 26.3 Å². The van der Waals surface area contributed by atoms with E-state index in [0.717, 1.165) is 19.5 Å². The van der Waals surface area contributed by atoms with E-state index in [0.29, 0.717) is 6.54 Å². The van der Waals surface area contributed by atoms with Crippen LogP contribution >= 0.6 is 0 Å². The van der Waals surface area contributed by atoms with Gasteiger partial charge in [-0.3, -0.25) is 4.79 Å². The van der Waals surface area contributed by atoms with Gasteiger partial charge in [-0.25, -0.2) is 4.79 Å². The highest BCUT2D eigenvalue weighted by Crippen LogP contribution is 2.22. The van der Waals surface area contributed by atoms with Gasteiger partial charge in [-0.15, -0.1) is 0 Å². The van der Waals surface area contributed by atoms with Crippen molar-refractivity contribution in [1.29, 1.82) is 0 Å². The summed E-state index contributed by atoms with van der Waals surface area (Å²) in [7, 11) is 0. The molecule has 1 heterocycles. The molecule has 2 atom stereocenters. The minimum absolute atomic E-state index is 0.0819.